The molecule has 2 aromatic rings. The molecule has 1 N–H and O–H groups in total. The number of benzene rings is 2. The van der Waals surface area contributed by atoms with Gasteiger partial charge in [0.05, 0.1) is 11.1 Å². The number of fused-ring (bicyclic) bond motifs is 2. The van der Waals surface area contributed by atoms with Gasteiger partial charge in [-0.15, -0.1) is 0 Å². The fourth-order valence-corrected chi connectivity index (χ4v) is 2.19. The summed E-state index contributed by atoms with van der Waals surface area (Å²) in [5, 5.41) is 9.11. The maximum atomic E-state index is 10.9. The van der Waals surface area contributed by atoms with E-state index in [4.69, 9.17) is 9.84 Å². The first-order valence-corrected chi connectivity index (χ1v) is 8.40. The Kier molecular flexibility index (Phi) is 8.36. The van der Waals surface area contributed by atoms with Crippen molar-refractivity contribution in [2.75, 3.05) is 0 Å². The van der Waals surface area contributed by atoms with Gasteiger partial charge in [-0.25, -0.2) is 9.59 Å². The van der Waals surface area contributed by atoms with E-state index >= 15 is 0 Å². The standard InChI is InChI=1S/C8H6O3.C8H6O2.2C2H6/c9-7-5-3-1-2-4-6(5)8(10)11-7;9-8-7-4-2-1-3-6(7)5-10-8;2*1-2/h1-4,7,9H;1-4H,5H2;2*1-2H3. The lowest BCUT2D eigenvalue weighted by atomic mass is 10.1. The minimum atomic E-state index is -1.07. The van der Waals surface area contributed by atoms with E-state index in [1.165, 1.54) is 0 Å². The molecule has 0 saturated heterocycles. The molecule has 2 aliphatic rings. The van der Waals surface area contributed by atoms with E-state index in [1.54, 1.807) is 30.3 Å². The molecule has 0 saturated carbocycles. The first-order valence-electron chi connectivity index (χ1n) is 8.40. The highest BCUT2D eigenvalue weighted by atomic mass is 16.6. The second kappa shape index (κ2) is 10.3. The molecule has 0 bridgehead atoms. The third kappa shape index (κ3) is 4.90. The first kappa shape index (κ1) is 20.4. The molecule has 134 valence electrons. The molecular weight excluding hydrogens is 320 g/mol. The van der Waals surface area contributed by atoms with Crippen LogP contribution in [0.5, 0.6) is 0 Å². The van der Waals surface area contributed by atoms with Gasteiger partial charge in [0.1, 0.15) is 6.61 Å². The van der Waals surface area contributed by atoms with E-state index in [9.17, 15) is 9.59 Å². The molecule has 0 aromatic heterocycles. The number of hydrogen-bond acceptors (Lipinski definition) is 5. The molecule has 0 amide bonds. The quantitative estimate of drug-likeness (QED) is 0.723. The van der Waals surface area contributed by atoms with Gasteiger partial charge in [0.2, 0.25) is 6.29 Å². The lowest BCUT2D eigenvalue weighted by molar-refractivity contribution is -0.0547. The highest BCUT2D eigenvalue weighted by Gasteiger charge is 2.28. The van der Waals surface area contributed by atoms with E-state index in [0.29, 0.717) is 23.3 Å². The molecule has 2 heterocycles. The van der Waals surface area contributed by atoms with Crippen molar-refractivity contribution in [1.29, 1.82) is 0 Å². The smallest absolute Gasteiger partial charge is 0.341 e. The summed E-state index contributed by atoms with van der Waals surface area (Å²) in [7, 11) is 0. The fraction of sp³-hybridized carbons (Fsp3) is 0.300. The highest BCUT2D eigenvalue weighted by Crippen LogP contribution is 2.27. The summed E-state index contributed by atoms with van der Waals surface area (Å²) < 4.78 is 9.33. The SMILES string of the molecule is CC.CC.O=C1OC(O)c2ccccc21.O=C1OCc2ccccc21. The van der Waals surface area contributed by atoms with Crippen LogP contribution in [-0.2, 0) is 16.1 Å². The lowest BCUT2D eigenvalue weighted by Crippen LogP contribution is -1.95. The number of carbonyl (C=O) groups is 2. The van der Waals surface area contributed by atoms with Crippen LogP contribution < -0.4 is 0 Å². The Hall–Kier alpha value is -2.66. The van der Waals surface area contributed by atoms with Gasteiger partial charge in [-0.2, -0.15) is 0 Å². The van der Waals surface area contributed by atoms with Crippen molar-refractivity contribution in [3.63, 3.8) is 0 Å². The van der Waals surface area contributed by atoms with Gasteiger partial charge < -0.3 is 14.6 Å². The zero-order valence-electron chi connectivity index (χ0n) is 15.0. The first-order chi connectivity index (χ1) is 12.2. The zero-order valence-corrected chi connectivity index (χ0v) is 15.0. The largest absolute Gasteiger partial charge is 0.457 e. The van der Waals surface area contributed by atoms with Gasteiger partial charge in [0.15, 0.2) is 0 Å². The van der Waals surface area contributed by atoms with Crippen LogP contribution in [0.3, 0.4) is 0 Å². The van der Waals surface area contributed by atoms with E-state index in [2.05, 4.69) is 4.74 Å². The van der Waals surface area contributed by atoms with Gasteiger partial charge in [0.25, 0.3) is 0 Å². The van der Waals surface area contributed by atoms with Crippen molar-refractivity contribution in [3.8, 4) is 0 Å². The van der Waals surface area contributed by atoms with E-state index in [1.807, 2.05) is 45.9 Å². The van der Waals surface area contributed by atoms with Crippen LogP contribution in [-0.4, -0.2) is 17.0 Å². The van der Waals surface area contributed by atoms with E-state index in [0.717, 1.165) is 5.56 Å². The second-order valence-electron chi connectivity index (χ2n) is 4.58. The maximum absolute atomic E-state index is 10.9. The predicted molar refractivity (Wildman–Crippen MR) is 95.1 cm³/mol. The van der Waals surface area contributed by atoms with Crippen molar-refractivity contribution in [2.45, 2.75) is 40.6 Å². The number of aliphatic hydroxyl groups is 1. The molecule has 0 radical (unpaired) electrons. The molecule has 0 aliphatic carbocycles. The lowest BCUT2D eigenvalue weighted by Gasteiger charge is -1.98. The Balaban J connectivity index is 0.000000210. The summed E-state index contributed by atoms with van der Waals surface area (Å²) in [6.07, 6.45) is -1.07. The molecule has 5 nitrogen and oxygen atoms in total. The Morgan fingerprint density at radius 3 is 2.00 bits per heavy atom. The van der Waals surface area contributed by atoms with Gasteiger partial charge >= 0.3 is 11.9 Å². The normalized spacial score (nSPS) is 15.6. The number of carbonyl (C=O) groups excluding carboxylic acids is 2. The van der Waals surface area contributed by atoms with Crippen LogP contribution in [0.15, 0.2) is 48.5 Å². The Morgan fingerprint density at radius 2 is 1.40 bits per heavy atom. The van der Waals surface area contributed by atoms with Crippen LogP contribution in [0.1, 0.15) is 65.8 Å². The molecule has 0 spiro atoms. The van der Waals surface area contributed by atoms with Crippen molar-refractivity contribution in [3.05, 3.63) is 70.8 Å². The van der Waals surface area contributed by atoms with Crippen LogP contribution in [0.2, 0.25) is 0 Å². The summed E-state index contributed by atoms with van der Waals surface area (Å²) in [6, 6.07) is 14.2. The van der Waals surface area contributed by atoms with Gasteiger partial charge in [-0.05, 0) is 12.1 Å². The number of cyclic esters (lactones) is 2. The molecule has 2 aliphatic heterocycles. The summed E-state index contributed by atoms with van der Waals surface area (Å²) in [6.45, 7) is 8.44. The van der Waals surface area contributed by atoms with Crippen LogP contribution in [0, 0.1) is 0 Å². The van der Waals surface area contributed by atoms with Gasteiger partial charge in [0, 0.05) is 11.1 Å². The number of ether oxygens (including phenoxy) is 2. The average Bonchev–Trinajstić information content (AvgIpc) is 3.20. The van der Waals surface area contributed by atoms with E-state index < -0.39 is 12.3 Å². The third-order valence-electron chi connectivity index (χ3n) is 3.26. The van der Waals surface area contributed by atoms with Crippen molar-refractivity contribution in [2.24, 2.45) is 0 Å². The summed E-state index contributed by atoms with van der Waals surface area (Å²) in [4.78, 5) is 21.7. The van der Waals surface area contributed by atoms with Crippen molar-refractivity contribution in [1.82, 2.24) is 0 Å². The third-order valence-corrected chi connectivity index (χ3v) is 3.26. The van der Waals surface area contributed by atoms with Crippen LogP contribution in [0.4, 0.5) is 0 Å². The summed E-state index contributed by atoms with van der Waals surface area (Å²) in [5.41, 5.74) is 2.72. The van der Waals surface area contributed by atoms with Gasteiger partial charge in [-0.1, -0.05) is 64.1 Å². The molecule has 25 heavy (non-hydrogen) atoms. The topological polar surface area (TPSA) is 72.8 Å². The zero-order chi connectivity index (χ0) is 18.8. The Bertz CT molecular complexity index is 709. The maximum Gasteiger partial charge on any atom is 0.341 e. The molecule has 2 aromatic carbocycles. The number of aliphatic hydroxyl groups excluding tert-OH is 1. The van der Waals surface area contributed by atoms with Crippen LogP contribution in [0.25, 0.3) is 0 Å². The predicted octanol–water partition coefficient (Wildman–Crippen LogP) is 4.26. The minimum absolute atomic E-state index is 0.199. The van der Waals surface area contributed by atoms with Crippen molar-refractivity contribution < 1.29 is 24.2 Å². The van der Waals surface area contributed by atoms with Crippen molar-refractivity contribution >= 4 is 11.9 Å². The number of hydrogen-bond donors (Lipinski definition) is 1. The Labute approximate surface area is 148 Å². The van der Waals surface area contributed by atoms with E-state index in [-0.39, 0.29) is 5.97 Å². The molecule has 5 heteroatoms. The molecular formula is C20H24O5. The minimum Gasteiger partial charge on any atom is -0.457 e. The van der Waals surface area contributed by atoms with Gasteiger partial charge in [-0.3, -0.25) is 0 Å². The fourth-order valence-electron chi connectivity index (χ4n) is 2.19. The summed E-state index contributed by atoms with van der Waals surface area (Å²) >= 11 is 0. The number of rotatable bonds is 0. The summed E-state index contributed by atoms with van der Waals surface area (Å²) in [5.74, 6) is -0.649. The Morgan fingerprint density at radius 1 is 0.840 bits per heavy atom. The highest BCUT2D eigenvalue weighted by molar-refractivity contribution is 5.94. The molecule has 1 atom stereocenters. The second-order valence-corrected chi connectivity index (χ2v) is 4.58. The average molecular weight is 344 g/mol. The van der Waals surface area contributed by atoms with Crippen LogP contribution >= 0.6 is 0 Å². The molecule has 4 rings (SSSR count). The number of esters is 2. The molecule has 1 unspecified atom stereocenters. The monoisotopic (exact) mass is 344 g/mol. The molecule has 0 fully saturated rings.